The van der Waals surface area contributed by atoms with Gasteiger partial charge in [0.05, 0.1) is 5.56 Å². The third kappa shape index (κ3) is 2.24. The number of nitriles is 1. The molecule has 1 aromatic heterocycles. The van der Waals surface area contributed by atoms with E-state index in [1.54, 1.807) is 0 Å². The summed E-state index contributed by atoms with van der Waals surface area (Å²) in [5.74, 6) is -1.80. The Bertz CT molecular complexity index is 445. The topological polar surface area (TPSA) is 36.7 Å². The second-order valence-corrected chi connectivity index (χ2v) is 2.66. The molecule has 0 saturated heterocycles. The standard InChI is InChI=1S/C8H2F6N2/c9-3-1-5(8(12,13)14)16-4(2-15)6(3)7(10)11/h1,7H. The van der Waals surface area contributed by atoms with Crippen molar-refractivity contribution in [1.29, 1.82) is 5.26 Å². The predicted octanol–water partition coefficient (Wildman–Crippen LogP) is 3.05. The Morgan fingerprint density at radius 2 is 1.88 bits per heavy atom. The van der Waals surface area contributed by atoms with Gasteiger partial charge in [0.2, 0.25) is 0 Å². The molecule has 2 nitrogen and oxygen atoms in total. The van der Waals surface area contributed by atoms with Crippen LogP contribution in [0.4, 0.5) is 26.3 Å². The molecule has 16 heavy (non-hydrogen) atoms. The molecule has 0 bridgehead atoms. The third-order valence-electron chi connectivity index (χ3n) is 1.62. The quantitative estimate of drug-likeness (QED) is 0.707. The van der Waals surface area contributed by atoms with E-state index in [1.165, 1.54) is 0 Å². The van der Waals surface area contributed by atoms with Gasteiger partial charge in [-0.1, -0.05) is 0 Å². The van der Waals surface area contributed by atoms with Crippen LogP contribution >= 0.6 is 0 Å². The summed E-state index contributed by atoms with van der Waals surface area (Å²) in [4.78, 5) is 2.64. The maximum Gasteiger partial charge on any atom is 0.433 e. The summed E-state index contributed by atoms with van der Waals surface area (Å²) in [6, 6.07) is 0.835. The zero-order valence-electron chi connectivity index (χ0n) is 7.32. The van der Waals surface area contributed by atoms with Crippen molar-refractivity contribution in [3.05, 3.63) is 28.8 Å². The Hall–Kier alpha value is -1.78. The molecule has 1 heterocycles. The Labute approximate surface area is 85.1 Å². The molecule has 0 unspecified atom stereocenters. The van der Waals surface area contributed by atoms with Crippen molar-refractivity contribution in [3.8, 4) is 6.07 Å². The van der Waals surface area contributed by atoms with E-state index in [0.29, 0.717) is 0 Å². The molecule has 0 spiro atoms. The zero-order chi connectivity index (χ0) is 12.5. The molecular weight excluding hydrogens is 238 g/mol. The van der Waals surface area contributed by atoms with Crippen molar-refractivity contribution >= 4 is 0 Å². The normalized spacial score (nSPS) is 11.6. The Balaban J connectivity index is 3.46. The second-order valence-electron chi connectivity index (χ2n) is 2.66. The Morgan fingerprint density at radius 3 is 2.25 bits per heavy atom. The molecule has 86 valence electrons. The molecule has 0 fully saturated rings. The fourth-order valence-electron chi connectivity index (χ4n) is 0.962. The van der Waals surface area contributed by atoms with E-state index < -0.39 is 35.4 Å². The van der Waals surface area contributed by atoms with Crippen LogP contribution in [0.15, 0.2) is 6.07 Å². The molecule has 0 N–H and O–H groups in total. The molecular formula is C8H2F6N2. The first-order valence-electron chi connectivity index (χ1n) is 3.73. The van der Waals surface area contributed by atoms with Crippen molar-refractivity contribution in [2.24, 2.45) is 0 Å². The fraction of sp³-hybridized carbons (Fsp3) is 0.250. The van der Waals surface area contributed by atoms with Crippen molar-refractivity contribution < 1.29 is 26.3 Å². The first kappa shape index (κ1) is 12.3. The van der Waals surface area contributed by atoms with Gasteiger partial charge < -0.3 is 0 Å². The van der Waals surface area contributed by atoms with Crippen LogP contribution < -0.4 is 0 Å². The summed E-state index contributed by atoms with van der Waals surface area (Å²) < 4.78 is 73.6. The highest BCUT2D eigenvalue weighted by atomic mass is 19.4. The van der Waals surface area contributed by atoms with Crippen LogP contribution in [0.1, 0.15) is 23.4 Å². The van der Waals surface area contributed by atoms with Crippen LogP contribution in [0.25, 0.3) is 0 Å². The lowest BCUT2D eigenvalue weighted by Gasteiger charge is -2.09. The maximum atomic E-state index is 12.9. The van der Waals surface area contributed by atoms with Gasteiger partial charge in [-0.25, -0.2) is 18.2 Å². The molecule has 0 aliphatic carbocycles. The average molecular weight is 240 g/mol. The number of nitrogens with zero attached hydrogens (tertiary/aromatic N) is 2. The van der Waals surface area contributed by atoms with E-state index in [9.17, 15) is 26.3 Å². The Morgan fingerprint density at radius 1 is 1.31 bits per heavy atom. The van der Waals surface area contributed by atoms with E-state index in [-0.39, 0.29) is 6.07 Å². The first-order chi connectivity index (χ1) is 7.27. The van der Waals surface area contributed by atoms with Gasteiger partial charge in [-0.05, 0) is 0 Å². The predicted molar refractivity (Wildman–Crippen MR) is 38.9 cm³/mol. The number of hydrogen-bond donors (Lipinski definition) is 0. The van der Waals surface area contributed by atoms with E-state index in [1.807, 2.05) is 0 Å². The van der Waals surface area contributed by atoms with E-state index >= 15 is 0 Å². The van der Waals surface area contributed by atoms with Crippen LogP contribution in [-0.2, 0) is 6.18 Å². The maximum absolute atomic E-state index is 12.9. The highest BCUT2D eigenvalue weighted by Gasteiger charge is 2.35. The molecule has 0 aliphatic heterocycles. The van der Waals surface area contributed by atoms with Crippen LogP contribution in [0, 0.1) is 17.1 Å². The summed E-state index contributed by atoms with van der Waals surface area (Å²) in [6.45, 7) is 0. The highest BCUT2D eigenvalue weighted by molar-refractivity contribution is 5.35. The lowest BCUT2D eigenvalue weighted by Crippen LogP contribution is -2.12. The van der Waals surface area contributed by atoms with Crippen LogP contribution in [-0.4, -0.2) is 4.98 Å². The first-order valence-corrected chi connectivity index (χ1v) is 3.73. The van der Waals surface area contributed by atoms with Gasteiger partial charge in [-0.15, -0.1) is 0 Å². The number of rotatable bonds is 1. The molecule has 0 amide bonds. The average Bonchev–Trinajstić information content (AvgIpc) is 2.14. The zero-order valence-corrected chi connectivity index (χ0v) is 7.32. The van der Waals surface area contributed by atoms with Crippen molar-refractivity contribution in [1.82, 2.24) is 4.98 Å². The van der Waals surface area contributed by atoms with E-state index in [2.05, 4.69) is 4.98 Å². The van der Waals surface area contributed by atoms with E-state index in [0.717, 1.165) is 6.07 Å². The molecule has 0 saturated carbocycles. The molecule has 0 radical (unpaired) electrons. The molecule has 0 atom stereocenters. The number of aromatic nitrogens is 1. The summed E-state index contributed by atoms with van der Waals surface area (Å²) in [5, 5.41) is 8.30. The van der Waals surface area contributed by atoms with Crippen LogP contribution in [0.2, 0.25) is 0 Å². The van der Waals surface area contributed by atoms with Crippen molar-refractivity contribution in [2.45, 2.75) is 12.6 Å². The Kier molecular flexibility index (Phi) is 3.07. The van der Waals surface area contributed by atoms with Crippen LogP contribution in [0.3, 0.4) is 0 Å². The number of hydrogen-bond acceptors (Lipinski definition) is 2. The number of alkyl halides is 5. The minimum Gasteiger partial charge on any atom is -0.232 e. The molecule has 0 aromatic carbocycles. The van der Waals surface area contributed by atoms with Gasteiger partial charge >= 0.3 is 6.18 Å². The van der Waals surface area contributed by atoms with Crippen LogP contribution in [0.5, 0.6) is 0 Å². The van der Waals surface area contributed by atoms with Crippen molar-refractivity contribution in [3.63, 3.8) is 0 Å². The number of halogens is 6. The van der Waals surface area contributed by atoms with E-state index in [4.69, 9.17) is 5.26 Å². The smallest absolute Gasteiger partial charge is 0.232 e. The van der Waals surface area contributed by atoms with Gasteiger partial charge in [0.1, 0.15) is 17.6 Å². The summed E-state index contributed by atoms with van der Waals surface area (Å²) in [5.41, 5.74) is -4.40. The molecule has 1 rings (SSSR count). The summed E-state index contributed by atoms with van der Waals surface area (Å²) >= 11 is 0. The summed E-state index contributed by atoms with van der Waals surface area (Å²) in [7, 11) is 0. The molecule has 0 aliphatic rings. The summed E-state index contributed by atoms with van der Waals surface area (Å²) in [6.07, 6.45) is -8.39. The number of pyridine rings is 1. The molecule has 8 heteroatoms. The van der Waals surface area contributed by atoms with Gasteiger partial charge in [-0.3, -0.25) is 0 Å². The SMILES string of the molecule is N#Cc1nc(C(F)(F)F)cc(F)c1C(F)F. The fourth-order valence-corrected chi connectivity index (χ4v) is 0.962. The third-order valence-corrected chi connectivity index (χ3v) is 1.62. The minimum absolute atomic E-state index is 0.164. The van der Waals surface area contributed by atoms with Gasteiger partial charge in [-0.2, -0.15) is 18.4 Å². The molecule has 1 aromatic rings. The largest absolute Gasteiger partial charge is 0.433 e. The lowest BCUT2D eigenvalue weighted by atomic mass is 10.1. The highest BCUT2D eigenvalue weighted by Crippen LogP contribution is 2.32. The second kappa shape index (κ2) is 4.00. The lowest BCUT2D eigenvalue weighted by molar-refractivity contribution is -0.141. The van der Waals surface area contributed by atoms with Gasteiger partial charge in [0, 0.05) is 6.07 Å². The van der Waals surface area contributed by atoms with Gasteiger partial charge in [0.25, 0.3) is 6.43 Å². The van der Waals surface area contributed by atoms with Gasteiger partial charge in [0.15, 0.2) is 5.69 Å². The monoisotopic (exact) mass is 240 g/mol. The van der Waals surface area contributed by atoms with Crippen molar-refractivity contribution in [2.75, 3.05) is 0 Å². The minimum atomic E-state index is -4.99.